The van der Waals surface area contributed by atoms with E-state index in [0.717, 1.165) is 48.6 Å². The van der Waals surface area contributed by atoms with Crippen molar-refractivity contribution in [3.8, 4) is 5.75 Å². The van der Waals surface area contributed by atoms with Crippen LogP contribution in [0.2, 0.25) is 5.02 Å². The monoisotopic (exact) mass is 400 g/mol. The van der Waals surface area contributed by atoms with Crippen molar-refractivity contribution in [1.82, 2.24) is 9.80 Å². The summed E-state index contributed by atoms with van der Waals surface area (Å²) in [4.78, 5) is 17.9. The minimum atomic E-state index is 0.0466. The summed E-state index contributed by atoms with van der Waals surface area (Å²) in [5.41, 5.74) is 1.25. The molecule has 0 atom stereocenters. The zero-order chi connectivity index (χ0) is 18.8. The molecule has 27 heavy (non-hydrogen) atoms. The number of piperazine rings is 1. The maximum absolute atomic E-state index is 12.9. The van der Waals surface area contributed by atoms with Gasteiger partial charge >= 0.3 is 0 Å². The normalized spacial score (nSPS) is 15.3. The molecule has 6 heteroatoms. The van der Waals surface area contributed by atoms with E-state index in [9.17, 15) is 4.79 Å². The molecule has 3 aromatic rings. The maximum Gasteiger partial charge on any atom is 0.265 e. The SMILES string of the molecule is COc1ccc(CN2CCN(C(=O)c3sc4ccccc4c3Cl)CC2)cc1. The van der Waals surface area contributed by atoms with Crippen LogP contribution in [0.3, 0.4) is 0 Å². The average molecular weight is 401 g/mol. The molecule has 0 aliphatic carbocycles. The summed E-state index contributed by atoms with van der Waals surface area (Å²) in [6.45, 7) is 4.05. The van der Waals surface area contributed by atoms with Crippen LogP contribution in [0.15, 0.2) is 48.5 Å². The number of carbonyl (C=O) groups is 1. The van der Waals surface area contributed by atoms with Crippen molar-refractivity contribution in [2.75, 3.05) is 33.3 Å². The zero-order valence-corrected chi connectivity index (χ0v) is 16.7. The van der Waals surface area contributed by atoms with Crippen LogP contribution in [0.5, 0.6) is 5.75 Å². The highest BCUT2D eigenvalue weighted by Crippen LogP contribution is 2.36. The minimum absolute atomic E-state index is 0.0466. The van der Waals surface area contributed by atoms with Gasteiger partial charge in [-0.05, 0) is 23.8 Å². The maximum atomic E-state index is 12.9. The fourth-order valence-corrected chi connectivity index (χ4v) is 4.87. The topological polar surface area (TPSA) is 32.8 Å². The summed E-state index contributed by atoms with van der Waals surface area (Å²) >= 11 is 7.96. The average Bonchev–Trinajstić information content (AvgIpc) is 3.05. The number of methoxy groups -OCH3 is 1. The van der Waals surface area contributed by atoms with Crippen LogP contribution >= 0.6 is 22.9 Å². The molecule has 2 heterocycles. The Labute approximate surface area is 167 Å². The summed E-state index contributed by atoms with van der Waals surface area (Å²) < 4.78 is 6.26. The van der Waals surface area contributed by atoms with E-state index in [1.54, 1.807) is 7.11 Å². The van der Waals surface area contributed by atoms with Gasteiger partial charge in [0.2, 0.25) is 0 Å². The molecule has 0 bridgehead atoms. The van der Waals surface area contributed by atoms with Gasteiger partial charge in [0.15, 0.2) is 0 Å². The lowest BCUT2D eigenvalue weighted by atomic mass is 10.2. The highest BCUT2D eigenvalue weighted by Gasteiger charge is 2.26. The Bertz CT molecular complexity index is 946. The van der Waals surface area contributed by atoms with Gasteiger partial charge in [0.25, 0.3) is 5.91 Å². The Morgan fingerprint density at radius 1 is 1.07 bits per heavy atom. The second kappa shape index (κ2) is 7.89. The fourth-order valence-electron chi connectivity index (χ4n) is 3.39. The molecule has 1 aliphatic heterocycles. The van der Waals surface area contributed by atoms with Crippen molar-refractivity contribution in [1.29, 1.82) is 0 Å². The summed E-state index contributed by atoms with van der Waals surface area (Å²) in [5.74, 6) is 0.916. The van der Waals surface area contributed by atoms with Gasteiger partial charge in [-0.3, -0.25) is 9.69 Å². The Kier molecular flexibility index (Phi) is 5.34. The highest BCUT2D eigenvalue weighted by atomic mass is 35.5. The lowest BCUT2D eigenvalue weighted by Crippen LogP contribution is -2.48. The predicted octanol–water partition coefficient (Wildman–Crippen LogP) is 4.52. The quantitative estimate of drug-likeness (QED) is 0.645. The molecule has 0 radical (unpaired) electrons. The van der Waals surface area contributed by atoms with Crippen LogP contribution in [-0.2, 0) is 6.54 Å². The third-order valence-corrected chi connectivity index (χ3v) is 6.62. The molecule has 1 aromatic heterocycles. The van der Waals surface area contributed by atoms with Gasteiger partial charge in [0, 0.05) is 42.8 Å². The van der Waals surface area contributed by atoms with E-state index in [1.165, 1.54) is 16.9 Å². The van der Waals surface area contributed by atoms with Gasteiger partial charge in [-0.1, -0.05) is 41.9 Å². The summed E-state index contributed by atoms with van der Waals surface area (Å²) in [5, 5.41) is 1.55. The van der Waals surface area contributed by atoms with Crippen LogP contribution < -0.4 is 4.74 Å². The third kappa shape index (κ3) is 3.81. The van der Waals surface area contributed by atoms with E-state index in [1.807, 2.05) is 41.3 Å². The van der Waals surface area contributed by atoms with E-state index in [0.29, 0.717) is 9.90 Å². The molecule has 1 amide bonds. The number of rotatable bonds is 4. The number of benzene rings is 2. The van der Waals surface area contributed by atoms with Gasteiger partial charge in [0.05, 0.1) is 12.1 Å². The molecular formula is C21H21ClN2O2S. The zero-order valence-electron chi connectivity index (χ0n) is 15.2. The van der Waals surface area contributed by atoms with E-state index in [2.05, 4.69) is 17.0 Å². The lowest BCUT2D eigenvalue weighted by Gasteiger charge is -2.34. The molecule has 1 saturated heterocycles. The first-order chi connectivity index (χ1) is 13.2. The van der Waals surface area contributed by atoms with Gasteiger partial charge in [0.1, 0.15) is 10.6 Å². The van der Waals surface area contributed by atoms with E-state index in [-0.39, 0.29) is 5.91 Å². The van der Waals surface area contributed by atoms with Gasteiger partial charge in [-0.25, -0.2) is 0 Å². The molecule has 1 fully saturated rings. The van der Waals surface area contributed by atoms with E-state index < -0.39 is 0 Å². The molecule has 0 unspecified atom stereocenters. The summed E-state index contributed by atoms with van der Waals surface area (Å²) in [6, 6.07) is 16.1. The molecule has 140 valence electrons. The third-order valence-electron chi connectivity index (χ3n) is 4.95. The second-order valence-corrected chi connectivity index (χ2v) is 8.09. The van der Waals surface area contributed by atoms with Crippen molar-refractivity contribution < 1.29 is 9.53 Å². The van der Waals surface area contributed by atoms with Crippen LogP contribution in [0, 0.1) is 0 Å². The van der Waals surface area contributed by atoms with Gasteiger partial charge < -0.3 is 9.64 Å². The van der Waals surface area contributed by atoms with Crippen LogP contribution in [0.25, 0.3) is 10.1 Å². The number of hydrogen-bond donors (Lipinski definition) is 0. The number of carbonyl (C=O) groups excluding carboxylic acids is 1. The predicted molar refractivity (Wildman–Crippen MR) is 111 cm³/mol. The number of thiophene rings is 1. The Morgan fingerprint density at radius 2 is 1.78 bits per heavy atom. The Balaban J connectivity index is 1.39. The lowest BCUT2D eigenvalue weighted by molar-refractivity contribution is 0.0633. The molecule has 1 aliphatic rings. The first kappa shape index (κ1) is 18.3. The molecule has 4 rings (SSSR count). The van der Waals surface area contributed by atoms with Crippen LogP contribution in [0.1, 0.15) is 15.2 Å². The highest BCUT2D eigenvalue weighted by molar-refractivity contribution is 7.21. The number of hydrogen-bond acceptors (Lipinski definition) is 4. The molecule has 0 spiro atoms. The minimum Gasteiger partial charge on any atom is -0.497 e. The fraction of sp³-hybridized carbons (Fsp3) is 0.286. The van der Waals surface area contributed by atoms with E-state index >= 15 is 0 Å². The number of halogens is 1. The van der Waals surface area contributed by atoms with Crippen molar-refractivity contribution in [2.24, 2.45) is 0 Å². The molecule has 0 N–H and O–H groups in total. The number of ether oxygens (including phenoxy) is 1. The van der Waals surface area contributed by atoms with Crippen molar-refractivity contribution in [2.45, 2.75) is 6.54 Å². The Hall–Kier alpha value is -2.08. The standard InChI is InChI=1S/C21H21ClN2O2S/c1-26-16-8-6-15(7-9-16)14-23-10-12-24(13-11-23)21(25)20-19(22)17-4-2-3-5-18(17)27-20/h2-9H,10-14H2,1H3. The number of fused-ring (bicyclic) bond motifs is 1. The largest absolute Gasteiger partial charge is 0.497 e. The molecule has 4 nitrogen and oxygen atoms in total. The van der Waals surface area contributed by atoms with Gasteiger partial charge in [-0.15, -0.1) is 11.3 Å². The van der Waals surface area contributed by atoms with E-state index in [4.69, 9.17) is 16.3 Å². The summed E-state index contributed by atoms with van der Waals surface area (Å²) in [7, 11) is 1.67. The molecule has 0 saturated carbocycles. The van der Waals surface area contributed by atoms with Crippen molar-refractivity contribution in [3.05, 3.63) is 64.0 Å². The first-order valence-electron chi connectivity index (χ1n) is 8.97. The first-order valence-corrected chi connectivity index (χ1v) is 10.2. The smallest absolute Gasteiger partial charge is 0.265 e. The van der Waals surface area contributed by atoms with Gasteiger partial charge in [-0.2, -0.15) is 0 Å². The summed E-state index contributed by atoms with van der Waals surface area (Å²) in [6.07, 6.45) is 0. The number of nitrogens with zero attached hydrogens (tertiary/aromatic N) is 2. The molecular weight excluding hydrogens is 380 g/mol. The number of amides is 1. The van der Waals surface area contributed by atoms with Crippen molar-refractivity contribution in [3.63, 3.8) is 0 Å². The molecule has 2 aromatic carbocycles. The van der Waals surface area contributed by atoms with Crippen LogP contribution in [0.4, 0.5) is 0 Å². The van der Waals surface area contributed by atoms with Crippen molar-refractivity contribution >= 4 is 38.9 Å². The Morgan fingerprint density at radius 3 is 2.44 bits per heavy atom. The van der Waals surface area contributed by atoms with Crippen LogP contribution in [-0.4, -0.2) is 49.0 Å². The second-order valence-electron chi connectivity index (χ2n) is 6.66.